The fourth-order valence-corrected chi connectivity index (χ4v) is 2.68. The third-order valence-electron chi connectivity index (χ3n) is 3.74. The van der Waals surface area contributed by atoms with Crippen molar-refractivity contribution in [3.63, 3.8) is 0 Å². The first-order valence-electron chi connectivity index (χ1n) is 6.13. The molecule has 3 heteroatoms. The quantitative estimate of drug-likeness (QED) is 0.815. The molecule has 82 valence electrons. The average Bonchev–Trinajstić information content (AvgIpc) is 3.00. The van der Waals surface area contributed by atoms with Crippen molar-refractivity contribution in [3.8, 4) is 0 Å². The van der Waals surface area contributed by atoms with Crippen LogP contribution in [-0.4, -0.2) is 16.1 Å². The summed E-state index contributed by atoms with van der Waals surface area (Å²) in [5.41, 5.74) is 7.09. The Morgan fingerprint density at radius 3 is 3.00 bits per heavy atom. The minimum absolute atomic E-state index is 0.773. The lowest BCUT2D eigenvalue weighted by Gasteiger charge is -2.25. The van der Waals surface area contributed by atoms with Gasteiger partial charge in [0.05, 0.1) is 0 Å². The number of imidazole rings is 1. The molecule has 1 saturated carbocycles. The SMILES string of the molecule is NCCC1CCc2cnc(C3CC3)n2C1. The Balaban J connectivity index is 1.82. The van der Waals surface area contributed by atoms with Crippen LogP contribution in [0.2, 0.25) is 0 Å². The highest BCUT2D eigenvalue weighted by Gasteiger charge is 2.31. The van der Waals surface area contributed by atoms with E-state index in [0.29, 0.717) is 0 Å². The first-order valence-corrected chi connectivity index (χ1v) is 6.13. The van der Waals surface area contributed by atoms with Gasteiger partial charge in [0.15, 0.2) is 0 Å². The summed E-state index contributed by atoms with van der Waals surface area (Å²) in [6.45, 7) is 1.99. The normalized spacial score (nSPS) is 25.3. The average molecular weight is 205 g/mol. The van der Waals surface area contributed by atoms with Crippen LogP contribution in [0.4, 0.5) is 0 Å². The fraction of sp³-hybridized carbons (Fsp3) is 0.750. The van der Waals surface area contributed by atoms with Gasteiger partial charge >= 0.3 is 0 Å². The van der Waals surface area contributed by atoms with Crippen LogP contribution < -0.4 is 5.73 Å². The van der Waals surface area contributed by atoms with Gasteiger partial charge in [-0.1, -0.05) is 0 Å². The summed E-state index contributed by atoms with van der Waals surface area (Å²) in [6, 6.07) is 0. The van der Waals surface area contributed by atoms with Gasteiger partial charge < -0.3 is 10.3 Å². The largest absolute Gasteiger partial charge is 0.332 e. The van der Waals surface area contributed by atoms with Gasteiger partial charge in [-0.3, -0.25) is 0 Å². The Bertz CT molecular complexity index is 352. The van der Waals surface area contributed by atoms with Gasteiger partial charge in [-0.05, 0) is 44.6 Å². The van der Waals surface area contributed by atoms with Gasteiger partial charge in [-0.2, -0.15) is 0 Å². The molecule has 1 aromatic rings. The summed E-state index contributed by atoms with van der Waals surface area (Å²) in [7, 11) is 0. The van der Waals surface area contributed by atoms with Gasteiger partial charge in [0, 0.05) is 24.4 Å². The molecule has 1 atom stereocenters. The maximum absolute atomic E-state index is 5.64. The predicted molar refractivity (Wildman–Crippen MR) is 59.7 cm³/mol. The van der Waals surface area contributed by atoms with Crippen LogP contribution in [0.1, 0.15) is 43.1 Å². The molecule has 3 rings (SSSR count). The molecule has 1 aliphatic heterocycles. The topological polar surface area (TPSA) is 43.8 Å². The van der Waals surface area contributed by atoms with E-state index in [1.807, 2.05) is 0 Å². The highest BCUT2D eigenvalue weighted by Crippen LogP contribution is 2.40. The zero-order chi connectivity index (χ0) is 10.3. The molecule has 0 bridgehead atoms. The Morgan fingerprint density at radius 2 is 2.27 bits per heavy atom. The molecule has 2 N–H and O–H groups in total. The summed E-state index contributed by atoms with van der Waals surface area (Å²) < 4.78 is 2.47. The van der Waals surface area contributed by atoms with Crippen molar-refractivity contribution in [1.82, 2.24) is 9.55 Å². The highest BCUT2D eigenvalue weighted by atomic mass is 15.1. The summed E-state index contributed by atoms with van der Waals surface area (Å²) in [4.78, 5) is 4.59. The second-order valence-electron chi connectivity index (χ2n) is 4.97. The molecule has 0 aromatic carbocycles. The molecule has 2 aliphatic rings. The zero-order valence-corrected chi connectivity index (χ0v) is 9.15. The Morgan fingerprint density at radius 1 is 1.40 bits per heavy atom. The molecule has 15 heavy (non-hydrogen) atoms. The number of hydrogen-bond acceptors (Lipinski definition) is 2. The van der Waals surface area contributed by atoms with E-state index < -0.39 is 0 Å². The van der Waals surface area contributed by atoms with Crippen LogP contribution in [-0.2, 0) is 13.0 Å². The van der Waals surface area contributed by atoms with Crippen molar-refractivity contribution in [2.75, 3.05) is 6.54 Å². The van der Waals surface area contributed by atoms with Crippen LogP contribution in [0, 0.1) is 5.92 Å². The summed E-state index contributed by atoms with van der Waals surface area (Å²) >= 11 is 0. The van der Waals surface area contributed by atoms with Gasteiger partial charge in [0.1, 0.15) is 5.82 Å². The fourth-order valence-electron chi connectivity index (χ4n) is 2.68. The Kier molecular flexibility index (Phi) is 2.28. The van der Waals surface area contributed by atoms with Gasteiger partial charge in [-0.25, -0.2) is 4.98 Å². The van der Waals surface area contributed by atoms with Gasteiger partial charge in [0.25, 0.3) is 0 Å². The van der Waals surface area contributed by atoms with Crippen LogP contribution in [0.3, 0.4) is 0 Å². The minimum Gasteiger partial charge on any atom is -0.332 e. The maximum Gasteiger partial charge on any atom is 0.111 e. The first-order chi connectivity index (χ1) is 7.38. The molecule has 0 radical (unpaired) electrons. The lowest BCUT2D eigenvalue weighted by molar-refractivity contribution is 0.347. The first kappa shape index (κ1) is 9.40. The van der Waals surface area contributed by atoms with E-state index in [1.54, 1.807) is 0 Å². The van der Waals surface area contributed by atoms with E-state index in [0.717, 1.165) is 18.4 Å². The van der Waals surface area contributed by atoms with Crippen molar-refractivity contribution in [3.05, 3.63) is 17.7 Å². The van der Waals surface area contributed by atoms with Gasteiger partial charge in [-0.15, -0.1) is 0 Å². The van der Waals surface area contributed by atoms with Crippen LogP contribution in [0.15, 0.2) is 6.20 Å². The number of rotatable bonds is 3. The Hall–Kier alpha value is -0.830. The summed E-state index contributed by atoms with van der Waals surface area (Å²) in [5.74, 6) is 2.91. The van der Waals surface area contributed by atoms with Crippen molar-refractivity contribution >= 4 is 0 Å². The molecular formula is C12H19N3. The molecule has 0 saturated heterocycles. The van der Waals surface area contributed by atoms with Crippen LogP contribution in [0.5, 0.6) is 0 Å². The van der Waals surface area contributed by atoms with Crippen molar-refractivity contribution in [2.45, 2.75) is 44.6 Å². The van der Waals surface area contributed by atoms with E-state index in [-0.39, 0.29) is 0 Å². The molecule has 3 nitrogen and oxygen atoms in total. The van der Waals surface area contributed by atoms with Gasteiger partial charge in [0.2, 0.25) is 0 Å². The number of aromatic nitrogens is 2. The number of nitrogens with zero attached hydrogens (tertiary/aromatic N) is 2. The van der Waals surface area contributed by atoms with Crippen molar-refractivity contribution in [1.29, 1.82) is 0 Å². The molecular weight excluding hydrogens is 186 g/mol. The van der Waals surface area contributed by atoms with Crippen LogP contribution >= 0.6 is 0 Å². The number of hydrogen-bond donors (Lipinski definition) is 1. The molecule has 1 aliphatic carbocycles. The van der Waals surface area contributed by atoms with E-state index in [9.17, 15) is 0 Å². The lowest BCUT2D eigenvalue weighted by atomic mass is 9.95. The van der Waals surface area contributed by atoms with E-state index in [2.05, 4.69) is 15.7 Å². The smallest absolute Gasteiger partial charge is 0.111 e. The van der Waals surface area contributed by atoms with E-state index in [4.69, 9.17) is 5.73 Å². The van der Waals surface area contributed by atoms with Crippen LogP contribution in [0.25, 0.3) is 0 Å². The Labute approximate surface area is 90.7 Å². The number of aryl methyl sites for hydroxylation is 1. The summed E-state index contributed by atoms with van der Waals surface area (Å²) in [5, 5.41) is 0. The second kappa shape index (κ2) is 3.63. The monoisotopic (exact) mass is 205 g/mol. The van der Waals surface area contributed by atoms with E-state index >= 15 is 0 Å². The predicted octanol–water partition coefficient (Wildman–Crippen LogP) is 1.67. The summed E-state index contributed by atoms with van der Waals surface area (Å²) in [6.07, 6.45) is 8.45. The second-order valence-corrected chi connectivity index (χ2v) is 4.97. The highest BCUT2D eigenvalue weighted by molar-refractivity contribution is 5.15. The van der Waals surface area contributed by atoms with Crippen molar-refractivity contribution < 1.29 is 0 Å². The molecule has 0 amide bonds. The third kappa shape index (κ3) is 1.69. The third-order valence-corrected chi connectivity index (χ3v) is 3.74. The zero-order valence-electron chi connectivity index (χ0n) is 9.15. The number of nitrogens with two attached hydrogens (primary N) is 1. The molecule has 1 fully saturated rings. The van der Waals surface area contributed by atoms with E-state index in [1.165, 1.54) is 50.2 Å². The molecule has 1 unspecified atom stereocenters. The molecule has 0 spiro atoms. The molecule has 2 heterocycles. The standard InChI is InChI=1S/C12H19N3/c13-6-5-9-1-4-11-7-14-12(10-2-3-10)15(11)8-9/h7,9-10H,1-6,8,13H2. The minimum atomic E-state index is 0.773. The lowest BCUT2D eigenvalue weighted by Crippen LogP contribution is -2.23. The molecule has 1 aromatic heterocycles. The number of fused-ring (bicyclic) bond motifs is 1. The maximum atomic E-state index is 5.64. The van der Waals surface area contributed by atoms with Crippen molar-refractivity contribution in [2.24, 2.45) is 11.7 Å².